The van der Waals surface area contributed by atoms with Crippen molar-refractivity contribution in [3.05, 3.63) is 53.6 Å². The van der Waals surface area contributed by atoms with Crippen LogP contribution in [0.5, 0.6) is 0 Å². The summed E-state index contributed by atoms with van der Waals surface area (Å²) in [5.41, 5.74) is 4.07. The lowest BCUT2D eigenvalue weighted by Gasteiger charge is -2.11. The number of hydrogen-bond donors (Lipinski definition) is 0. The van der Waals surface area contributed by atoms with Gasteiger partial charge in [-0.05, 0) is 37.6 Å². The molecule has 0 saturated heterocycles. The summed E-state index contributed by atoms with van der Waals surface area (Å²) in [7, 11) is 4.03. The van der Waals surface area contributed by atoms with Gasteiger partial charge < -0.3 is 4.90 Å². The highest BCUT2D eigenvalue weighted by Gasteiger charge is 2.10. The first-order valence-electron chi connectivity index (χ1n) is 7.30. The lowest BCUT2D eigenvalue weighted by atomic mass is 10.2. The van der Waals surface area contributed by atoms with Crippen molar-refractivity contribution in [2.45, 2.75) is 13.8 Å². The average molecular weight is 309 g/mol. The molecule has 0 aliphatic carbocycles. The molecule has 3 rings (SSSR count). The normalized spacial score (nSPS) is 11.3. The van der Waals surface area contributed by atoms with Crippen molar-refractivity contribution in [2.24, 2.45) is 5.10 Å². The Labute approximate surface area is 134 Å². The maximum atomic E-state index is 4.43. The Morgan fingerprint density at radius 1 is 1.13 bits per heavy atom. The summed E-state index contributed by atoms with van der Waals surface area (Å²) in [4.78, 5) is 2.06. The van der Waals surface area contributed by atoms with Crippen LogP contribution < -0.4 is 4.90 Å². The van der Waals surface area contributed by atoms with Gasteiger partial charge in [-0.15, -0.1) is 10.2 Å². The molecule has 0 aliphatic rings. The summed E-state index contributed by atoms with van der Waals surface area (Å²) in [5, 5.41) is 16.9. The SMILES string of the molecule is Cc1cc(C)n(-c2nncn2/N=C\c2ccc(N(C)C)cc2)n1. The molecular formula is C16H19N7. The monoisotopic (exact) mass is 309 g/mol. The third-order valence-electron chi connectivity index (χ3n) is 3.45. The third-order valence-corrected chi connectivity index (χ3v) is 3.45. The molecule has 0 saturated carbocycles. The van der Waals surface area contributed by atoms with Crippen molar-refractivity contribution >= 4 is 11.9 Å². The molecule has 3 aromatic rings. The van der Waals surface area contributed by atoms with Crippen LogP contribution in [0.2, 0.25) is 0 Å². The summed E-state index contributed by atoms with van der Waals surface area (Å²) < 4.78 is 3.34. The van der Waals surface area contributed by atoms with E-state index in [9.17, 15) is 0 Å². The Bertz CT molecular complexity index is 824. The summed E-state index contributed by atoms with van der Waals surface area (Å²) in [6.45, 7) is 3.92. The van der Waals surface area contributed by atoms with Gasteiger partial charge in [0.05, 0.1) is 11.9 Å². The Kier molecular flexibility index (Phi) is 3.92. The molecule has 0 radical (unpaired) electrons. The molecule has 0 amide bonds. The van der Waals surface area contributed by atoms with Crippen LogP contribution in [0, 0.1) is 13.8 Å². The van der Waals surface area contributed by atoms with Crippen LogP contribution in [-0.4, -0.2) is 45.0 Å². The molecule has 2 aromatic heterocycles. The van der Waals surface area contributed by atoms with E-state index in [1.807, 2.05) is 46.1 Å². The molecule has 7 heteroatoms. The molecule has 0 atom stereocenters. The topological polar surface area (TPSA) is 64.1 Å². The largest absolute Gasteiger partial charge is 0.378 e. The van der Waals surface area contributed by atoms with Crippen LogP contribution >= 0.6 is 0 Å². The van der Waals surface area contributed by atoms with Gasteiger partial charge in [0.2, 0.25) is 0 Å². The maximum absolute atomic E-state index is 4.43. The molecule has 2 heterocycles. The zero-order valence-electron chi connectivity index (χ0n) is 13.7. The van der Waals surface area contributed by atoms with Gasteiger partial charge in [0.25, 0.3) is 5.95 Å². The van der Waals surface area contributed by atoms with E-state index in [2.05, 4.69) is 37.4 Å². The van der Waals surface area contributed by atoms with Gasteiger partial charge in [-0.1, -0.05) is 12.1 Å². The number of rotatable bonds is 4. The van der Waals surface area contributed by atoms with E-state index in [4.69, 9.17) is 0 Å². The van der Waals surface area contributed by atoms with E-state index in [1.54, 1.807) is 21.9 Å². The van der Waals surface area contributed by atoms with Crippen LogP contribution in [0.25, 0.3) is 5.95 Å². The zero-order chi connectivity index (χ0) is 16.4. The Balaban J connectivity index is 1.86. The number of nitrogens with zero attached hydrogens (tertiary/aromatic N) is 7. The van der Waals surface area contributed by atoms with Gasteiger partial charge in [0, 0.05) is 25.5 Å². The van der Waals surface area contributed by atoms with E-state index >= 15 is 0 Å². The molecule has 0 spiro atoms. The Morgan fingerprint density at radius 2 is 1.87 bits per heavy atom. The zero-order valence-corrected chi connectivity index (χ0v) is 13.7. The van der Waals surface area contributed by atoms with Crippen molar-refractivity contribution in [3.63, 3.8) is 0 Å². The van der Waals surface area contributed by atoms with Crippen LogP contribution in [-0.2, 0) is 0 Å². The lowest BCUT2D eigenvalue weighted by Crippen LogP contribution is -2.08. The van der Waals surface area contributed by atoms with Crippen molar-refractivity contribution in [1.82, 2.24) is 24.7 Å². The molecule has 0 fully saturated rings. The molecule has 0 N–H and O–H groups in total. The number of anilines is 1. The molecular weight excluding hydrogens is 290 g/mol. The minimum absolute atomic E-state index is 0.566. The van der Waals surface area contributed by atoms with E-state index in [0.29, 0.717) is 5.95 Å². The number of aryl methyl sites for hydroxylation is 2. The fraction of sp³-hybridized carbons (Fsp3) is 0.250. The summed E-state index contributed by atoms with van der Waals surface area (Å²) >= 11 is 0. The van der Waals surface area contributed by atoms with Crippen LogP contribution in [0.15, 0.2) is 41.8 Å². The summed E-state index contributed by atoms with van der Waals surface area (Å²) in [6.07, 6.45) is 3.34. The first-order chi connectivity index (χ1) is 11.0. The molecule has 118 valence electrons. The number of aromatic nitrogens is 5. The van der Waals surface area contributed by atoms with Gasteiger partial charge in [0.15, 0.2) is 0 Å². The van der Waals surface area contributed by atoms with Gasteiger partial charge in [-0.3, -0.25) is 0 Å². The van der Waals surface area contributed by atoms with Crippen LogP contribution in [0.3, 0.4) is 0 Å². The van der Waals surface area contributed by atoms with Crippen molar-refractivity contribution in [3.8, 4) is 5.95 Å². The summed E-state index contributed by atoms with van der Waals surface area (Å²) in [5.74, 6) is 0.566. The molecule has 0 bridgehead atoms. The van der Waals surface area contributed by atoms with Gasteiger partial charge in [-0.25, -0.2) is 4.68 Å². The molecule has 1 aromatic carbocycles. The van der Waals surface area contributed by atoms with Gasteiger partial charge in [0.1, 0.15) is 6.33 Å². The van der Waals surface area contributed by atoms with E-state index in [-0.39, 0.29) is 0 Å². The second-order valence-corrected chi connectivity index (χ2v) is 5.54. The van der Waals surface area contributed by atoms with Crippen molar-refractivity contribution < 1.29 is 0 Å². The second-order valence-electron chi connectivity index (χ2n) is 5.54. The summed E-state index contributed by atoms with van der Waals surface area (Å²) in [6, 6.07) is 10.1. The quantitative estimate of drug-likeness (QED) is 0.692. The highest BCUT2D eigenvalue weighted by atomic mass is 15.5. The highest BCUT2D eigenvalue weighted by molar-refractivity contribution is 5.80. The molecule has 7 nitrogen and oxygen atoms in total. The van der Waals surface area contributed by atoms with E-state index in [1.165, 1.54) is 0 Å². The van der Waals surface area contributed by atoms with Gasteiger partial charge in [-0.2, -0.15) is 14.9 Å². The predicted molar refractivity (Wildman–Crippen MR) is 90.4 cm³/mol. The van der Waals surface area contributed by atoms with E-state index < -0.39 is 0 Å². The number of hydrogen-bond acceptors (Lipinski definition) is 5. The molecule has 0 unspecified atom stereocenters. The Hall–Kier alpha value is -2.96. The number of benzene rings is 1. The van der Waals surface area contributed by atoms with Crippen molar-refractivity contribution in [1.29, 1.82) is 0 Å². The second kappa shape index (κ2) is 6.04. The molecule has 0 aliphatic heterocycles. The fourth-order valence-electron chi connectivity index (χ4n) is 2.26. The standard InChI is InChI=1S/C16H19N7/c1-12-9-13(2)23(20-12)16-19-17-11-22(16)18-10-14-5-7-15(8-6-14)21(3)4/h5-11H,1-4H3/b18-10-. The maximum Gasteiger partial charge on any atom is 0.273 e. The van der Waals surface area contributed by atoms with Gasteiger partial charge >= 0.3 is 0 Å². The van der Waals surface area contributed by atoms with Crippen molar-refractivity contribution in [2.75, 3.05) is 19.0 Å². The minimum atomic E-state index is 0.566. The first-order valence-corrected chi connectivity index (χ1v) is 7.30. The lowest BCUT2D eigenvalue weighted by molar-refractivity contribution is 0.717. The smallest absolute Gasteiger partial charge is 0.273 e. The average Bonchev–Trinajstić information content (AvgIpc) is 3.11. The predicted octanol–water partition coefficient (Wildman–Crippen LogP) is 2.03. The van der Waals surface area contributed by atoms with Crippen LogP contribution in [0.4, 0.5) is 5.69 Å². The third kappa shape index (κ3) is 3.13. The van der Waals surface area contributed by atoms with Crippen LogP contribution in [0.1, 0.15) is 17.0 Å². The highest BCUT2D eigenvalue weighted by Crippen LogP contribution is 2.12. The minimum Gasteiger partial charge on any atom is -0.378 e. The first kappa shape index (κ1) is 15.0. The van der Waals surface area contributed by atoms with E-state index in [0.717, 1.165) is 22.6 Å². The fourth-order valence-corrected chi connectivity index (χ4v) is 2.26. The molecule has 23 heavy (non-hydrogen) atoms. The Morgan fingerprint density at radius 3 is 2.48 bits per heavy atom.